The van der Waals surface area contributed by atoms with E-state index in [1.165, 1.54) is 161 Å². The average molecular weight is 851 g/mol. The highest BCUT2D eigenvalue weighted by Gasteiger charge is 2.44. The molecule has 1 heterocycles. The zero-order chi connectivity index (χ0) is 43.6. The van der Waals surface area contributed by atoms with Crippen molar-refractivity contribution in [2.45, 2.75) is 256 Å². The first-order valence-corrected chi connectivity index (χ1v) is 25.1. The largest absolute Gasteiger partial charge is 0.457 e. The van der Waals surface area contributed by atoms with Crippen LogP contribution < -0.4 is 0 Å². The van der Waals surface area contributed by atoms with Gasteiger partial charge in [0, 0.05) is 13.0 Å². The number of ether oxygens (including phenoxy) is 4. The third-order valence-electron chi connectivity index (χ3n) is 11.5. The number of aliphatic hydroxyl groups is 4. The molecule has 6 unspecified atom stereocenters. The molecule has 1 fully saturated rings. The van der Waals surface area contributed by atoms with Gasteiger partial charge in [0.1, 0.15) is 30.5 Å². The SMILES string of the molecule is CCCCCCC/C=C\C/C=C\CCCCCCCCCCCC(=O)OC(COCCCCCCCC/C=C\CCCCCCCC)COC1OC(CO)C(O)C(O)C1O. The molecule has 0 bridgehead atoms. The van der Waals surface area contributed by atoms with E-state index in [1.54, 1.807) is 0 Å². The predicted molar refractivity (Wildman–Crippen MR) is 247 cm³/mol. The lowest BCUT2D eigenvalue weighted by Crippen LogP contribution is -2.59. The molecule has 4 N–H and O–H groups in total. The summed E-state index contributed by atoms with van der Waals surface area (Å²) in [6.45, 7) is 4.55. The number of rotatable bonds is 43. The van der Waals surface area contributed by atoms with Crippen molar-refractivity contribution in [1.29, 1.82) is 0 Å². The summed E-state index contributed by atoms with van der Waals surface area (Å²) in [5, 5.41) is 40.2. The van der Waals surface area contributed by atoms with E-state index in [1.807, 2.05) is 0 Å². The molecule has 6 atom stereocenters. The molecular formula is C51H94O9. The highest BCUT2D eigenvalue weighted by Crippen LogP contribution is 2.23. The number of unbranched alkanes of at least 4 members (excludes halogenated alkanes) is 26. The van der Waals surface area contributed by atoms with Crippen molar-refractivity contribution in [3.8, 4) is 0 Å². The van der Waals surface area contributed by atoms with E-state index in [-0.39, 0.29) is 19.2 Å². The zero-order valence-electron chi connectivity index (χ0n) is 38.7. The topological polar surface area (TPSA) is 135 Å². The molecule has 9 nitrogen and oxygen atoms in total. The first-order chi connectivity index (χ1) is 29.4. The van der Waals surface area contributed by atoms with Crippen LogP contribution >= 0.6 is 0 Å². The Morgan fingerprint density at radius 3 is 1.45 bits per heavy atom. The van der Waals surface area contributed by atoms with Gasteiger partial charge in [0.25, 0.3) is 0 Å². The molecule has 1 rings (SSSR count). The molecule has 1 aliphatic rings. The average Bonchev–Trinajstić information content (AvgIpc) is 3.25. The van der Waals surface area contributed by atoms with Gasteiger partial charge in [-0.05, 0) is 70.6 Å². The van der Waals surface area contributed by atoms with Crippen LogP contribution in [0.15, 0.2) is 36.5 Å². The van der Waals surface area contributed by atoms with Crippen molar-refractivity contribution >= 4 is 5.97 Å². The van der Waals surface area contributed by atoms with Crippen molar-refractivity contribution in [2.75, 3.05) is 26.4 Å². The summed E-state index contributed by atoms with van der Waals surface area (Å²) in [5.74, 6) is -0.318. The molecule has 0 aromatic rings. The van der Waals surface area contributed by atoms with Crippen LogP contribution in [0.3, 0.4) is 0 Å². The molecular weight excluding hydrogens is 757 g/mol. The lowest BCUT2D eigenvalue weighted by Gasteiger charge is -2.39. The van der Waals surface area contributed by atoms with Gasteiger partial charge >= 0.3 is 5.97 Å². The second kappa shape index (κ2) is 42.7. The Bertz CT molecular complexity index is 1010. The van der Waals surface area contributed by atoms with E-state index >= 15 is 0 Å². The predicted octanol–water partition coefficient (Wildman–Crippen LogP) is 11.9. The Balaban J connectivity index is 2.22. The standard InChI is InChI=1S/C51H94O9/c1-3-5-7-9-11-13-15-17-19-21-22-23-24-25-26-28-30-32-34-36-38-40-47(53)59-45(44-58-51-50(56)49(55)48(54)46(42-52)60-51)43-57-41-39-37-35-33-31-29-27-20-18-16-14-12-10-8-6-4-2/h15,17-18,20-22,45-46,48-52,54-56H,3-14,16,19,23-44H2,1-2H3/b17-15-,20-18-,22-21-. The third-order valence-corrected chi connectivity index (χ3v) is 11.5. The van der Waals surface area contributed by atoms with E-state index in [0.29, 0.717) is 13.0 Å². The van der Waals surface area contributed by atoms with E-state index < -0.39 is 43.4 Å². The molecule has 60 heavy (non-hydrogen) atoms. The minimum Gasteiger partial charge on any atom is -0.457 e. The molecule has 1 aliphatic heterocycles. The van der Waals surface area contributed by atoms with Crippen LogP contribution in [0, 0.1) is 0 Å². The fraction of sp³-hybridized carbons (Fsp3) is 0.863. The van der Waals surface area contributed by atoms with Gasteiger partial charge in [0.2, 0.25) is 0 Å². The summed E-state index contributed by atoms with van der Waals surface area (Å²) >= 11 is 0. The summed E-state index contributed by atoms with van der Waals surface area (Å²) in [6.07, 6.45) is 44.5. The molecule has 9 heteroatoms. The summed E-state index contributed by atoms with van der Waals surface area (Å²) in [4.78, 5) is 12.8. The van der Waals surface area contributed by atoms with Gasteiger partial charge in [-0.15, -0.1) is 0 Å². The molecule has 0 amide bonds. The monoisotopic (exact) mass is 851 g/mol. The maximum absolute atomic E-state index is 12.8. The normalized spacial score (nSPS) is 20.3. The molecule has 0 aromatic heterocycles. The first-order valence-electron chi connectivity index (χ1n) is 25.1. The van der Waals surface area contributed by atoms with Crippen LogP contribution in [0.25, 0.3) is 0 Å². The highest BCUT2D eigenvalue weighted by molar-refractivity contribution is 5.69. The molecule has 0 radical (unpaired) electrons. The quantitative estimate of drug-likeness (QED) is 0.0269. The van der Waals surface area contributed by atoms with Crippen LogP contribution in [-0.2, 0) is 23.7 Å². The molecule has 0 spiro atoms. The van der Waals surface area contributed by atoms with Gasteiger partial charge in [0.15, 0.2) is 6.29 Å². The Hall–Kier alpha value is -1.59. The molecule has 0 aromatic carbocycles. The van der Waals surface area contributed by atoms with E-state index in [4.69, 9.17) is 18.9 Å². The second-order valence-electron chi connectivity index (χ2n) is 17.3. The molecule has 352 valence electrons. The van der Waals surface area contributed by atoms with Gasteiger partial charge in [-0.1, -0.05) is 179 Å². The zero-order valence-corrected chi connectivity index (χ0v) is 38.7. The van der Waals surface area contributed by atoms with Gasteiger partial charge in [-0.25, -0.2) is 0 Å². The number of esters is 1. The van der Waals surface area contributed by atoms with Crippen molar-refractivity contribution in [3.63, 3.8) is 0 Å². The number of aliphatic hydroxyl groups excluding tert-OH is 4. The Morgan fingerprint density at radius 2 is 0.967 bits per heavy atom. The maximum atomic E-state index is 12.8. The summed E-state index contributed by atoms with van der Waals surface area (Å²) in [5.41, 5.74) is 0. The van der Waals surface area contributed by atoms with Crippen LogP contribution in [0.2, 0.25) is 0 Å². The van der Waals surface area contributed by atoms with Gasteiger partial charge in [-0.2, -0.15) is 0 Å². The molecule has 1 saturated heterocycles. The minimum atomic E-state index is -1.54. The van der Waals surface area contributed by atoms with Crippen molar-refractivity contribution in [1.82, 2.24) is 0 Å². The Labute approximate surface area is 368 Å². The first kappa shape index (κ1) is 56.4. The molecule has 0 aliphatic carbocycles. The molecule has 0 saturated carbocycles. The van der Waals surface area contributed by atoms with Gasteiger partial charge < -0.3 is 39.4 Å². The number of carbonyl (C=O) groups excluding carboxylic acids is 1. The summed E-state index contributed by atoms with van der Waals surface area (Å²) in [7, 11) is 0. The van der Waals surface area contributed by atoms with Crippen molar-refractivity contribution < 1.29 is 44.2 Å². The minimum absolute atomic E-state index is 0.116. The van der Waals surface area contributed by atoms with Crippen molar-refractivity contribution in [3.05, 3.63) is 36.5 Å². The highest BCUT2D eigenvalue weighted by atomic mass is 16.7. The van der Waals surface area contributed by atoms with Crippen LogP contribution in [0.4, 0.5) is 0 Å². The van der Waals surface area contributed by atoms with Gasteiger partial charge in [0.05, 0.1) is 19.8 Å². The Kier molecular flexibility index (Phi) is 40.2. The second-order valence-corrected chi connectivity index (χ2v) is 17.3. The lowest BCUT2D eigenvalue weighted by atomic mass is 9.99. The van der Waals surface area contributed by atoms with Crippen molar-refractivity contribution in [2.24, 2.45) is 0 Å². The third kappa shape index (κ3) is 33.0. The number of carbonyl (C=O) groups is 1. The number of allylic oxidation sites excluding steroid dienone is 6. The Morgan fingerprint density at radius 1 is 0.533 bits per heavy atom. The smallest absolute Gasteiger partial charge is 0.306 e. The van der Waals surface area contributed by atoms with E-state index in [0.717, 1.165) is 38.5 Å². The van der Waals surface area contributed by atoms with Crippen LogP contribution in [-0.4, -0.2) is 89.6 Å². The van der Waals surface area contributed by atoms with Crippen LogP contribution in [0.5, 0.6) is 0 Å². The number of hydrogen-bond acceptors (Lipinski definition) is 9. The van der Waals surface area contributed by atoms with E-state index in [2.05, 4.69) is 50.3 Å². The van der Waals surface area contributed by atoms with Gasteiger partial charge in [-0.3, -0.25) is 4.79 Å². The van der Waals surface area contributed by atoms with Crippen LogP contribution in [0.1, 0.15) is 219 Å². The summed E-state index contributed by atoms with van der Waals surface area (Å²) < 4.78 is 22.9. The fourth-order valence-corrected chi connectivity index (χ4v) is 7.58. The maximum Gasteiger partial charge on any atom is 0.306 e. The lowest BCUT2D eigenvalue weighted by molar-refractivity contribution is -0.305. The fourth-order valence-electron chi connectivity index (χ4n) is 7.58. The number of hydrogen-bond donors (Lipinski definition) is 4. The van der Waals surface area contributed by atoms with E-state index in [9.17, 15) is 25.2 Å². The summed E-state index contributed by atoms with van der Waals surface area (Å²) in [6, 6.07) is 0.